The Labute approximate surface area is 130 Å². The monoisotopic (exact) mass is 327 g/mol. The summed E-state index contributed by atoms with van der Waals surface area (Å²) in [6.07, 6.45) is 0. The molecule has 126 valence electrons. The molecule has 0 aliphatic heterocycles. The van der Waals surface area contributed by atoms with E-state index >= 15 is 0 Å². The maximum Gasteiger partial charge on any atom is 0.340 e. The first kappa shape index (κ1) is 17.1. The highest BCUT2D eigenvalue weighted by Crippen LogP contribution is 2.39. The molecule has 1 heterocycles. The fraction of sp³-hybridized carbons (Fsp3) is 0.308. The number of aromatic hydroxyl groups is 1. The Kier molecular flexibility index (Phi) is 4.56. The molecule has 10 heteroatoms. The van der Waals surface area contributed by atoms with Gasteiger partial charge in [0, 0.05) is 18.8 Å². The van der Waals surface area contributed by atoms with Crippen molar-refractivity contribution in [1.82, 2.24) is 4.57 Å². The van der Waals surface area contributed by atoms with Crippen LogP contribution >= 0.6 is 0 Å². The fourth-order valence-corrected chi connectivity index (χ4v) is 2.53. The van der Waals surface area contributed by atoms with Crippen molar-refractivity contribution in [3.8, 4) is 5.75 Å². The van der Waals surface area contributed by atoms with Gasteiger partial charge >= 0.3 is 5.97 Å². The molecule has 2 atom stereocenters. The van der Waals surface area contributed by atoms with Gasteiger partial charge in [-0.05, 0) is 13.8 Å². The molecule has 1 aromatic heterocycles. The second-order valence-corrected chi connectivity index (χ2v) is 4.89. The molecule has 10 nitrogen and oxygen atoms in total. The number of aryl methyl sites for hydroxylation is 1. The van der Waals surface area contributed by atoms with Crippen LogP contribution in [0, 0.1) is 17.3 Å². The predicted octanol–water partition coefficient (Wildman–Crippen LogP) is -0.824. The van der Waals surface area contributed by atoms with Crippen molar-refractivity contribution in [2.45, 2.75) is 13.8 Å². The summed E-state index contributed by atoms with van der Waals surface area (Å²) >= 11 is 0. The Balaban J connectivity index is 2.98. The number of hydrogen-bond acceptors (Lipinski definition) is 7. The van der Waals surface area contributed by atoms with Crippen molar-refractivity contribution in [3.05, 3.63) is 27.7 Å². The predicted molar refractivity (Wildman–Crippen MR) is 76.8 cm³/mol. The van der Waals surface area contributed by atoms with Gasteiger partial charge < -0.3 is 24.8 Å². The van der Waals surface area contributed by atoms with Crippen molar-refractivity contribution < 1.29 is 35.5 Å². The van der Waals surface area contributed by atoms with Crippen molar-refractivity contribution >= 4 is 28.2 Å². The first-order valence-corrected chi connectivity index (χ1v) is 6.70. The van der Waals surface area contributed by atoms with E-state index in [1.165, 1.54) is 4.57 Å². The van der Waals surface area contributed by atoms with Crippen LogP contribution in [-0.2, 0) is 11.8 Å². The maximum atomic E-state index is 12.2. The normalized spacial score (nSPS) is 14.0. The number of benzene rings is 1. The molecule has 0 aliphatic rings. The summed E-state index contributed by atoms with van der Waals surface area (Å²) in [5.41, 5.74) is -0.576. The zero-order chi connectivity index (χ0) is 17.5. The molecule has 0 spiro atoms. The van der Waals surface area contributed by atoms with Gasteiger partial charge in [0.1, 0.15) is 0 Å². The van der Waals surface area contributed by atoms with Crippen LogP contribution in [-0.4, -0.2) is 32.7 Å². The van der Waals surface area contributed by atoms with Crippen LogP contribution in [0.15, 0.2) is 6.07 Å². The molecule has 2 rings (SSSR count). The van der Waals surface area contributed by atoms with Crippen molar-refractivity contribution in [1.29, 1.82) is 0 Å². The van der Waals surface area contributed by atoms with E-state index < -0.39 is 33.5 Å². The van der Waals surface area contributed by atoms with Gasteiger partial charge in [0.05, 0.1) is 23.1 Å². The number of aromatic nitrogens is 1. The molecule has 0 saturated carbocycles. The lowest BCUT2D eigenvalue weighted by Gasteiger charge is -2.19. The van der Waals surface area contributed by atoms with E-state index in [9.17, 15) is 25.5 Å². The zero-order valence-corrected chi connectivity index (χ0v) is 12.7. The first-order valence-electron chi connectivity index (χ1n) is 6.70. The summed E-state index contributed by atoms with van der Waals surface area (Å²) in [4.78, 5) is 12.2. The summed E-state index contributed by atoms with van der Waals surface area (Å²) in [7, 11) is 1.56. The number of nitrogens with zero attached hydrogens (tertiary/aromatic N) is 1. The van der Waals surface area contributed by atoms with Crippen molar-refractivity contribution in [2.75, 3.05) is 6.61 Å². The van der Waals surface area contributed by atoms with E-state index in [2.05, 4.69) is 0 Å². The highest BCUT2D eigenvalue weighted by Gasteiger charge is 2.31. The Bertz CT molecular complexity index is 767. The lowest BCUT2D eigenvalue weighted by atomic mass is 10.1. The first-order chi connectivity index (χ1) is 10.7. The molecule has 0 bridgehead atoms. The van der Waals surface area contributed by atoms with Gasteiger partial charge in [0.25, 0.3) is 0 Å². The molecule has 2 unspecified atom stereocenters. The van der Waals surface area contributed by atoms with Crippen molar-refractivity contribution in [2.24, 2.45) is 7.05 Å². The van der Waals surface area contributed by atoms with Crippen LogP contribution < -0.4 is 10.5 Å². The number of quaternary nitrogens is 2. The van der Waals surface area contributed by atoms with Crippen LogP contribution in [0.1, 0.15) is 23.0 Å². The molecule has 0 saturated heterocycles. The van der Waals surface area contributed by atoms with Gasteiger partial charge in [-0.25, -0.2) is 15.2 Å². The zero-order valence-electron chi connectivity index (χ0n) is 12.7. The van der Waals surface area contributed by atoms with Gasteiger partial charge in [-0.1, -0.05) is 0 Å². The number of fused-ring (bicyclic) bond motifs is 1. The molecule has 0 fully saturated rings. The van der Waals surface area contributed by atoms with Gasteiger partial charge in [-0.3, -0.25) is 0 Å². The Morgan fingerprint density at radius 2 is 1.96 bits per heavy atom. The van der Waals surface area contributed by atoms with E-state index in [4.69, 9.17) is 9.94 Å². The Hall–Kier alpha value is -2.21. The number of ether oxygens (including phenoxy) is 1. The molecule has 2 aromatic rings. The molecule has 0 radical (unpaired) electrons. The second-order valence-electron chi connectivity index (χ2n) is 4.89. The Morgan fingerprint density at radius 1 is 1.35 bits per heavy atom. The Morgan fingerprint density at radius 3 is 2.43 bits per heavy atom. The number of esters is 1. The molecule has 0 aliphatic carbocycles. The number of rotatable bonds is 4. The maximum absolute atomic E-state index is 12.2. The summed E-state index contributed by atoms with van der Waals surface area (Å²) < 4.78 is 6.43. The van der Waals surface area contributed by atoms with Gasteiger partial charge in [-0.15, -0.1) is 0 Å². The summed E-state index contributed by atoms with van der Waals surface area (Å²) in [6.45, 7) is 3.28. The standard InChI is InChI=1S/C13H17N3O7/c1-4-23-13(18)9-6(2)14(3)7-5-8(15(19)20)12(17)11(10(7)9)16(21)22/h5,15-17,19,21H,4H2,1-3H3. The molecule has 0 amide bonds. The fourth-order valence-electron chi connectivity index (χ4n) is 2.53. The third kappa shape index (κ3) is 2.63. The minimum Gasteiger partial charge on any atom is -0.595 e. The summed E-state index contributed by atoms with van der Waals surface area (Å²) in [6, 6.07) is 1.13. The molecule has 1 aromatic carbocycles. The van der Waals surface area contributed by atoms with E-state index in [0.717, 1.165) is 6.07 Å². The lowest BCUT2D eigenvalue weighted by molar-refractivity contribution is -0.996. The number of hydrogen-bond donors (Lipinski definition) is 5. The molecular formula is C13H17N3O7. The highest BCUT2D eigenvalue weighted by molar-refractivity contribution is 6.11. The average Bonchev–Trinajstić information content (AvgIpc) is 2.69. The summed E-state index contributed by atoms with van der Waals surface area (Å²) in [5, 5.41) is 48.3. The molecule has 5 N–H and O–H groups in total. The quantitative estimate of drug-likeness (QED) is 0.280. The third-order valence-corrected chi connectivity index (χ3v) is 3.68. The van der Waals surface area contributed by atoms with E-state index in [-0.39, 0.29) is 23.1 Å². The lowest BCUT2D eigenvalue weighted by Crippen LogP contribution is -3.00. The van der Waals surface area contributed by atoms with E-state index in [1.54, 1.807) is 20.9 Å². The largest absolute Gasteiger partial charge is 0.595 e. The van der Waals surface area contributed by atoms with Crippen molar-refractivity contribution in [3.63, 3.8) is 0 Å². The van der Waals surface area contributed by atoms with E-state index in [0.29, 0.717) is 5.69 Å². The smallest absolute Gasteiger partial charge is 0.340 e. The SMILES string of the molecule is CCOC(=O)c1c(C)n(C)c2cc([NH+]([O-])O)c(O)c([NH+]([O-])O)c12. The number of nitrogens with one attached hydrogen (secondary N) is 2. The van der Waals surface area contributed by atoms with Crippen LogP contribution in [0.2, 0.25) is 0 Å². The highest BCUT2D eigenvalue weighted by atomic mass is 16.8. The second kappa shape index (κ2) is 6.12. The van der Waals surface area contributed by atoms with E-state index in [1.807, 2.05) is 0 Å². The molecular weight excluding hydrogens is 310 g/mol. The number of phenolic OH excluding ortho intramolecular Hbond substituents is 1. The third-order valence-electron chi connectivity index (χ3n) is 3.68. The number of phenols is 1. The van der Waals surface area contributed by atoms with Crippen LogP contribution in [0.4, 0.5) is 11.4 Å². The molecule has 23 heavy (non-hydrogen) atoms. The average molecular weight is 327 g/mol. The topological polar surface area (TPSA) is 147 Å². The van der Waals surface area contributed by atoms with Crippen LogP contribution in [0.3, 0.4) is 0 Å². The van der Waals surface area contributed by atoms with Gasteiger partial charge in [-0.2, -0.15) is 10.5 Å². The van der Waals surface area contributed by atoms with Gasteiger partial charge in [0.15, 0.2) is 0 Å². The summed E-state index contributed by atoms with van der Waals surface area (Å²) in [5.74, 6) is -1.63. The van der Waals surface area contributed by atoms with Gasteiger partial charge in [0.2, 0.25) is 17.1 Å². The van der Waals surface area contributed by atoms with Crippen LogP contribution in [0.25, 0.3) is 10.9 Å². The number of carbonyl (C=O) groups excluding carboxylic acids is 1. The minimum atomic E-state index is -1.54. The minimum absolute atomic E-state index is 0.00557. The number of carbonyl (C=O) groups is 1. The van der Waals surface area contributed by atoms with Crippen LogP contribution in [0.5, 0.6) is 5.75 Å².